The maximum absolute atomic E-state index is 6.32. The summed E-state index contributed by atoms with van der Waals surface area (Å²) < 4.78 is 6.32. The standard InChI is InChI=1S/C14H27NO/c1-12(11-15-2)5-6-13-7-10-14(16-13)8-3-4-9-14/h12-13,15H,3-11H2,1-2H3. The summed E-state index contributed by atoms with van der Waals surface area (Å²) in [6.45, 7) is 3.47. The van der Waals surface area contributed by atoms with Gasteiger partial charge in [0.25, 0.3) is 0 Å². The number of hydrogen-bond donors (Lipinski definition) is 1. The molecule has 0 bridgehead atoms. The van der Waals surface area contributed by atoms with Gasteiger partial charge >= 0.3 is 0 Å². The topological polar surface area (TPSA) is 21.3 Å². The largest absolute Gasteiger partial charge is 0.372 e. The van der Waals surface area contributed by atoms with Gasteiger partial charge in [0.05, 0.1) is 11.7 Å². The minimum atomic E-state index is 0.330. The lowest BCUT2D eigenvalue weighted by Gasteiger charge is -2.24. The van der Waals surface area contributed by atoms with Gasteiger partial charge in [0.2, 0.25) is 0 Å². The van der Waals surface area contributed by atoms with Gasteiger partial charge in [-0.3, -0.25) is 0 Å². The van der Waals surface area contributed by atoms with E-state index in [2.05, 4.69) is 12.2 Å². The Bertz CT molecular complexity index is 211. The van der Waals surface area contributed by atoms with Crippen LogP contribution in [0.25, 0.3) is 0 Å². The smallest absolute Gasteiger partial charge is 0.0687 e. The first-order valence-corrected chi connectivity index (χ1v) is 7.06. The number of nitrogens with one attached hydrogen (secondary N) is 1. The Morgan fingerprint density at radius 2 is 2.06 bits per heavy atom. The van der Waals surface area contributed by atoms with Crippen molar-refractivity contribution in [3.05, 3.63) is 0 Å². The van der Waals surface area contributed by atoms with Crippen LogP contribution in [0.5, 0.6) is 0 Å². The predicted molar refractivity (Wildman–Crippen MR) is 67.6 cm³/mol. The van der Waals surface area contributed by atoms with Gasteiger partial charge < -0.3 is 10.1 Å². The maximum atomic E-state index is 6.32. The number of rotatable bonds is 5. The van der Waals surface area contributed by atoms with Crippen molar-refractivity contribution in [1.29, 1.82) is 0 Å². The first-order chi connectivity index (χ1) is 7.74. The van der Waals surface area contributed by atoms with E-state index in [0.29, 0.717) is 11.7 Å². The zero-order valence-electron chi connectivity index (χ0n) is 10.9. The SMILES string of the molecule is CNCC(C)CCC1CCC2(CCCC2)O1. The van der Waals surface area contributed by atoms with Gasteiger partial charge in [-0.2, -0.15) is 0 Å². The van der Waals surface area contributed by atoms with E-state index in [-0.39, 0.29) is 0 Å². The molecule has 0 aromatic carbocycles. The van der Waals surface area contributed by atoms with Gasteiger partial charge in [-0.25, -0.2) is 0 Å². The Hall–Kier alpha value is -0.0800. The van der Waals surface area contributed by atoms with E-state index >= 15 is 0 Å². The summed E-state index contributed by atoms with van der Waals surface area (Å²) in [5.41, 5.74) is 0.330. The minimum Gasteiger partial charge on any atom is -0.372 e. The first kappa shape index (κ1) is 12.4. The molecule has 1 spiro atoms. The molecule has 1 saturated heterocycles. The first-order valence-electron chi connectivity index (χ1n) is 7.06. The second kappa shape index (κ2) is 5.50. The highest BCUT2D eigenvalue weighted by molar-refractivity contribution is 4.92. The van der Waals surface area contributed by atoms with Crippen LogP contribution in [0.4, 0.5) is 0 Å². The molecule has 0 radical (unpaired) electrons. The predicted octanol–water partition coefficient (Wildman–Crippen LogP) is 3.11. The van der Waals surface area contributed by atoms with Crippen LogP contribution >= 0.6 is 0 Å². The van der Waals surface area contributed by atoms with Crippen molar-refractivity contribution in [3.8, 4) is 0 Å². The van der Waals surface area contributed by atoms with Gasteiger partial charge in [-0.05, 0) is 58.0 Å². The van der Waals surface area contributed by atoms with E-state index in [9.17, 15) is 0 Å². The van der Waals surface area contributed by atoms with Crippen LogP contribution in [0, 0.1) is 5.92 Å². The van der Waals surface area contributed by atoms with Crippen molar-refractivity contribution in [2.24, 2.45) is 5.92 Å². The Kier molecular flexibility index (Phi) is 4.26. The quantitative estimate of drug-likeness (QED) is 0.776. The average molecular weight is 225 g/mol. The van der Waals surface area contributed by atoms with E-state index in [0.717, 1.165) is 12.5 Å². The highest BCUT2D eigenvalue weighted by Crippen LogP contribution is 2.44. The second-order valence-corrected chi connectivity index (χ2v) is 5.91. The van der Waals surface area contributed by atoms with E-state index in [1.807, 2.05) is 7.05 Å². The Morgan fingerprint density at radius 3 is 2.75 bits per heavy atom. The van der Waals surface area contributed by atoms with Gasteiger partial charge in [0.1, 0.15) is 0 Å². The van der Waals surface area contributed by atoms with Crippen LogP contribution < -0.4 is 5.32 Å². The summed E-state index contributed by atoms with van der Waals surface area (Å²) >= 11 is 0. The summed E-state index contributed by atoms with van der Waals surface area (Å²) in [5.74, 6) is 0.786. The molecular weight excluding hydrogens is 198 g/mol. The molecule has 1 N–H and O–H groups in total. The molecule has 2 aliphatic rings. The molecule has 1 heterocycles. The second-order valence-electron chi connectivity index (χ2n) is 5.91. The third-order valence-corrected chi connectivity index (χ3v) is 4.39. The molecule has 2 atom stereocenters. The van der Waals surface area contributed by atoms with Crippen molar-refractivity contribution >= 4 is 0 Å². The summed E-state index contributed by atoms with van der Waals surface area (Å²) in [7, 11) is 2.04. The van der Waals surface area contributed by atoms with E-state index in [1.54, 1.807) is 0 Å². The molecule has 0 amide bonds. The lowest BCUT2D eigenvalue weighted by molar-refractivity contribution is -0.0404. The summed E-state index contributed by atoms with van der Waals surface area (Å²) in [6, 6.07) is 0. The fourth-order valence-corrected chi connectivity index (χ4v) is 3.41. The molecule has 0 aromatic rings. The van der Waals surface area contributed by atoms with Crippen LogP contribution in [0.3, 0.4) is 0 Å². The molecule has 94 valence electrons. The van der Waals surface area contributed by atoms with Crippen LogP contribution in [0.2, 0.25) is 0 Å². The third kappa shape index (κ3) is 2.98. The zero-order chi connectivity index (χ0) is 11.4. The van der Waals surface area contributed by atoms with Gasteiger partial charge in [-0.15, -0.1) is 0 Å². The average Bonchev–Trinajstić information content (AvgIpc) is 2.88. The van der Waals surface area contributed by atoms with Crippen molar-refractivity contribution < 1.29 is 4.74 Å². The third-order valence-electron chi connectivity index (χ3n) is 4.39. The van der Waals surface area contributed by atoms with Crippen molar-refractivity contribution in [3.63, 3.8) is 0 Å². The molecule has 2 unspecified atom stereocenters. The lowest BCUT2D eigenvalue weighted by Crippen LogP contribution is -2.25. The molecule has 2 fully saturated rings. The molecule has 1 aliphatic heterocycles. The lowest BCUT2D eigenvalue weighted by atomic mass is 9.97. The van der Waals surface area contributed by atoms with Crippen LogP contribution in [-0.4, -0.2) is 25.3 Å². The van der Waals surface area contributed by atoms with Crippen molar-refractivity contribution in [1.82, 2.24) is 5.32 Å². The van der Waals surface area contributed by atoms with Crippen LogP contribution in [0.15, 0.2) is 0 Å². The fraction of sp³-hybridized carbons (Fsp3) is 1.00. The van der Waals surface area contributed by atoms with Crippen molar-refractivity contribution in [2.45, 2.75) is 70.0 Å². The highest BCUT2D eigenvalue weighted by Gasteiger charge is 2.41. The molecule has 2 rings (SSSR count). The maximum Gasteiger partial charge on any atom is 0.0687 e. The molecule has 1 saturated carbocycles. The minimum absolute atomic E-state index is 0.330. The number of ether oxygens (including phenoxy) is 1. The molecule has 2 heteroatoms. The summed E-state index contributed by atoms with van der Waals surface area (Å²) in [6.07, 6.45) is 11.2. The molecule has 16 heavy (non-hydrogen) atoms. The Morgan fingerprint density at radius 1 is 1.31 bits per heavy atom. The van der Waals surface area contributed by atoms with Gasteiger partial charge in [0, 0.05) is 0 Å². The Balaban J connectivity index is 1.68. The normalized spacial score (nSPS) is 30.0. The fourth-order valence-electron chi connectivity index (χ4n) is 3.41. The zero-order valence-corrected chi connectivity index (χ0v) is 10.9. The monoisotopic (exact) mass is 225 g/mol. The van der Waals surface area contributed by atoms with Gasteiger partial charge in [0.15, 0.2) is 0 Å². The van der Waals surface area contributed by atoms with Crippen molar-refractivity contribution in [2.75, 3.05) is 13.6 Å². The van der Waals surface area contributed by atoms with E-state index in [1.165, 1.54) is 51.4 Å². The van der Waals surface area contributed by atoms with E-state index < -0.39 is 0 Å². The van der Waals surface area contributed by atoms with Gasteiger partial charge in [-0.1, -0.05) is 19.8 Å². The molecule has 1 aliphatic carbocycles. The number of hydrogen-bond acceptors (Lipinski definition) is 2. The van der Waals surface area contributed by atoms with Crippen LogP contribution in [-0.2, 0) is 4.74 Å². The molecular formula is C14H27NO. The molecule has 2 nitrogen and oxygen atoms in total. The highest BCUT2D eigenvalue weighted by atomic mass is 16.5. The van der Waals surface area contributed by atoms with E-state index in [4.69, 9.17) is 4.74 Å². The summed E-state index contributed by atoms with van der Waals surface area (Å²) in [4.78, 5) is 0. The molecule has 0 aromatic heterocycles. The summed E-state index contributed by atoms with van der Waals surface area (Å²) in [5, 5.41) is 3.25. The van der Waals surface area contributed by atoms with Crippen LogP contribution in [0.1, 0.15) is 58.3 Å². The Labute approximate surface area is 100 Å².